The number of aromatic nitrogens is 1. The van der Waals surface area contributed by atoms with Gasteiger partial charge in [-0.05, 0) is 37.9 Å². The maximum atomic E-state index is 4.16. The second-order valence-electron chi connectivity index (χ2n) is 2.15. The Kier molecular flexibility index (Phi) is 3.75. The lowest BCUT2D eigenvalue weighted by molar-refractivity contribution is 1.21. The molecule has 1 aromatic rings. The number of anilines is 1. The smallest absolute Gasteiger partial charge is 0.140 e. The average Bonchev–Trinajstić information content (AvgIpc) is 2.03. The molecular weight excluding hydrogens is 284 g/mol. The summed E-state index contributed by atoms with van der Waals surface area (Å²) in [4.78, 5) is 4.16. The molecule has 64 valence electrons. The van der Waals surface area contributed by atoms with E-state index in [0.717, 1.165) is 14.8 Å². The van der Waals surface area contributed by atoms with E-state index in [-0.39, 0.29) is 0 Å². The zero-order chi connectivity index (χ0) is 8.97. The lowest BCUT2D eigenvalue weighted by atomic mass is 10.4. The highest BCUT2D eigenvalue weighted by atomic mass is 79.9. The first-order valence-corrected chi connectivity index (χ1v) is 4.98. The summed E-state index contributed by atoms with van der Waals surface area (Å²) in [5.41, 5.74) is 0. The molecule has 2 nitrogen and oxygen atoms in total. The van der Waals surface area contributed by atoms with Crippen molar-refractivity contribution >= 4 is 37.7 Å². The molecule has 12 heavy (non-hydrogen) atoms. The molecule has 0 radical (unpaired) electrons. The zero-order valence-corrected chi connectivity index (χ0v) is 9.52. The average molecular weight is 292 g/mol. The summed E-state index contributed by atoms with van der Waals surface area (Å²) in [6, 6.07) is 1.94. The second-order valence-corrected chi connectivity index (χ2v) is 3.92. The monoisotopic (exact) mass is 290 g/mol. The van der Waals surface area contributed by atoms with Gasteiger partial charge in [-0.25, -0.2) is 4.98 Å². The Labute approximate surface area is 88.3 Å². The molecule has 0 unspecified atom stereocenters. The Balaban J connectivity index is 2.78. The summed E-state index contributed by atoms with van der Waals surface area (Å²) in [5.74, 6) is 0.832. The van der Waals surface area contributed by atoms with E-state index in [1.165, 1.54) is 0 Å². The molecule has 1 rings (SSSR count). The number of pyridine rings is 1. The van der Waals surface area contributed by atoms with Gasteiger partial charge in [0.15, 0.2) is 0 Å². The predicted molar refractivity (Wildman–Crippen MR) is 58.3 cm³/mol. The van der Waals surface area contributed by atoms with Crippen LogP contribution in [0.1, 0.15) is 0 Å². The summed E-state index contributed by atoms with van der Waals surface area (Å²) in [6.45, 7) is 4.32. The van der Waals surface area contributed by atoms with Gasteiger partial charge in [-0.3, -0.25) is 0 Å². The van der Waals surface area contributed by atoms with E-state index in [4.69, 9.17) is 0 Å². The van der Waals surface area contributed by atoms with Gasteiger partial charge in [0, 0.05) is 17.2 Å². The van der Waals surface area contributed by atoms with Crippen molar-refractivity contribution in [1.82, 2.24) is 4.98 Å². The standard InChI is InChI=1S/C8H8Br2N2/c1-2-3-11-8-7(10)4-6(9)5-12-8/h2,4-5H,1,3H2,(H,11,12). The lowest BCUT2D eigenvalue weighted by Crippen LogP contribution is -2.00. The quantitative estimate of drug-likeness (QED) is 0.865. The molecule has 0 saturated heterocycles. The highest BCUT2D eigenvalue weighted by Crippen LogP contribution is 2.22. The molecule has 1 N–H and O–H groups in total. The molecule has 0 aliphatic rings. The minimum absolute atomic E-state index is 0.716. The van der Waals surface area contributed by atoms with Crippen molar-refractivity contribution in [3.8, 4) is 0 Å². The largest absolute Gasteiger partial charge is 0.366 e. The van der Waals surface area contributed by atoms with Crippen LogP contribution in [-0.4, -0.2) is 11.5 Å². The van der Waals surface area contributed by atoms with E-state index in [2.05, 4.69) is 48.7 Å². The van der Waals surface area contributed by atoms with E-state index in [1.807, 2.05) is 6.07 Å². The number of rotatable bonds is 3. The van der Waals surface area contributed by atoms with Crippen molar-refractivity contribution in [2.75, 3.05) is 11.9 Å². The van der Waals surface area contributed by atoms with Gasteiger partial charge in [0.05, 0.1) is 4.47 Å². The van der Waals surface area contributed by atoms with Gasteiger partial charge in [0.25, 0.3) is 0 Å². The molecule has 0 amide bonds. The third-order valence-corrected chi connectivity index (χ3v) is 2.26. The Bertz CT molecular complexity index is 286. The lowest BCUT2D eigenvalue weighted by Gasteiger charge is -2.04. The summed E-state index contributed by atoms with van der Waals surface area (Å²) < 4.78 is 1.90. The van der Waals surface area contributed by atoms with Crippen molar-refractivity contribution in [3.63, 3.8) is 0 Å². The molecule has 1 aromatic heterocycles. The normalized spacial score (nSPS) is 9.50. The molecule has 0 aliphatic carbocycles. The number of halogens is 2. The van der Waals surface area contributed by atoms with Crippen molar-refractivity contribution in [1.29, 1.82) is 0 Å². The van der Waals surface area contributed by atoms with Crippen LogP contribution in [0.2, 0.25) is 0 Å². The molecule has 0 aliphatic heterocycles. The van der Waals surface area contributed by atoms with E-state index in [9.17, 15) is 0 Å². The Morgan fingerprint density at radius 1 is 1.58 bits per heavy atom. The third-order valence-electron chi connectivity index (χ3n) is 1.22. The minimum atomic E-state index is 0.716. The highest BCUT2D eigenvalue weighted by molar-refractivity contribution is 9.11. The van der Waals surface area contributed by atoms with E-state index < -0.39 is 0 Å². The minimum Gasteiger partial charge on any atom is -0.366 e. The third kappa shape index (κ3) is 2.60. The number of hydrogen-bond donors (Lipinski definition) is 1. The van der Waals surface area contributed by atoms with Crippen LogP contribution in [0, 0.1) is 0 Å². The van der Waals surface area contributed by atoms with Crippen molar-refractivity contribution in [2.45, 2.75) is 0 Å². The summed E-state index contributed by atoms with van der Waals surface area (Å²) in [7, 11) is 0. The molecule has 0 saturated carbocycles. The van der Waals surface area contributed by atoms with Crippen molar-refractivity contribution in [3.05, 3.63) is 33.9 Å². The topological polar surface area (TPSA) is 24.9 Å². The van der Waals surface area contributed by atoms with E-state index >= 15 is 0 Å². The van der Waals surface area contributed by atoms with Crippen LogP contribution in [0.5, 0.6) is 0 Å². The molecule has 1 heterocycles. The van der Waals surface area contributed by atoms with Gasteiger partial charge in [0.1, 0.15) is 5.82 Å². The van der Waals surface area contributed by atoms with Crippen LogP contribution in [0.15, 0.2) is 33.9 Å². The Hall–Kier alpha value is -0.350. The molecule has 0 fully saturated rings. The molecule has 0 spiro atoms. The van der Waals surface area contributed by atoms with E-state index in [0.29, 0.717) is 6.54 Å². The Morgan fingerprint density at radius 2 is 2.33 bits per heavy atom. The fourth-order valence-corrected chi connectivity index (χ4v) is 1.84. The SMILES string of the molecule is C=CCNc1ncc(Br)cc1Br. The molecule has 0 atom stereocenters. The van der Waals surface area contributed by atoms with E-state index in [1.54, 1.807) is 12.3 Å². The maximum Gasteiger partial charge on any atom is 0.140 e. The van der Waals surface area contributed by atoms with Gasteiger partial charge in [-0.1, -0.05) is 6.08 Å². The van der Waals surface area contributed by atoms with Crippen LogP contribution in [0.25, 0.3) is 0 Å². The van der Waals surface area contributed by atoms with Gasteiger partial charge < -0.3 is 5.32 Å². The number of nitrogens with zero attached hydrogens (tertiary/aromatic N) is 1. The molecule has 4 heteroatoms. The molecule has 0 aromatic carbocycles. The van der Waals surface area contributed by atoms with Crippen LogP contribution >= 0.6 is 31.9 Å². The number of hydrogen-bond acceptors (Lipinski definition) is 2. The van der Waals surface area contributed by atoms with Gasteiger partial charge in [-0.2, -0.15) is 0 Å². The highest BCUT2D eigenvalue weighted by Gasteiger charge is 1.99. The van der Waals surface area contributed by atoms with Crippen LogP contribution in [0.4, 0.5) is 5.82 Å². The molecule has 0 bridgehead atoms. The van der Waals surface area contributed by atoms with Crippen LogP contribution in [0.3, 0.4) is 0 Å². The predicted octanol–water partition coefficient (Wildman–Crippen LogP) is 3.20. The second kappa shape index (κ2) is 4.62. The first-order chi connectivity index (χ1) is 5.74. The first-order valence-electron chi connectivity index (χ1n) is 3.40. The van der Waals surface area contributed by atoms with Crippen LogP contribution < -0.4 is 5.32 Å². The van der Waals surface area contributed by atoms with Gasteiger partial charge in [0.2, 0.25) is 0 Å². The summed E-state index contributed by atoms with van der Waals surface area (Å²) in [5, 5.41) is 3.09. The fourth-order valence-electron chi connectivity index (χ4n) is 0.713. The maximum absolute atomic E-state index is 4.16. The molecular formula is C8H8Br2N2. The van der Waals surface area contributed by atoms with Crippen molar-refractivity contribution in [2.24, 2.45) is 0 Å². The Morgan fingerprint density at radius 3 is 2.92 bits per heavy atom. The van der Waals surface area contributed by atoms with Crippen LogP contribution in [-0.2, 0) is 0 Å². The first kappa shape index (κ1) is 9.74. The summed E-state index contributed by atoms with van der Waals surface area (Å²) >= 11 is 6.71. The fraction of sp³-hybridized carbons (Fsp3) is 0.125. The zero-order valence-electron chi connectivity index (χ0n) is 6.35. The van der Waals surface area contributed by atoms with Crippen molar-refractivity contribution < 1.29 is 0 Å². The van der Waals surface area contributed by atoms with Gasteiger partial charge >= 0.3 is 0 Å². The van der Waals surface area contributed by atoms with Gasteiger partial charge in [-0.15, -0.1) is 6.58 Å². The summed E-state index contributed by atoms with van der Waals surface area (Å²) in [6.07, 6.45) is 3.53. The number of nitrogens with one attached hydrogen (secondary N) is 1.